The van der Waals surface area contributed by atoms with Gasteiger partial charge in [0.1, 0.15) is 0 Å². The van der Waals surface area contributed by atoms with E-state index in [2.05, 4.69) is 45.8 Å². The van der Waals surface area contributed by atoms with Gasteiger partial charge in [0.15, 0.2) is 5.96 Å². The predicted octanol–water partition coefficient (Wildman–Crippen LogP) is 2.96. The van der Waals surface area contributed by atoms with Gasteiger partial charge in [0.25, 0.3) is 0 Å². The number of para-hydroxylation sites is 1. The van der Waals surface area contributed by atoms with Gasteiger partial charge in [-0.25, -0.2) is 4.68 Å². The molecule has 0 spiro atoms. The largest absolute Gasteiger partial charge is 0.355 e. The Hall–Kier alpha value is -2.93. The van der Waals surface area contributed by atoms with E-state index in [1.54, 1.807) is 7.05 Å². The van der Waals surface area contributed by atoms with Crippen LogP contribution in [0.1, 0.15) is 17.0 Å². The standard InChI is InChI=1S/C22H27N5OS/c1-17-15-18(2)27(26-17)21-12-8-7-9-19(21)16-25-22(23-3)24-13-14-29(28)20-10-5-4-6-11-20/h4-12,15H,13-14,16H2,1-3H3,(H2,23,24,25). The summed E-state index contributed by atoms with van der Waals surface area (Å²) in [5.74, 6) is 1.20. The van der Waals surface area contributed by atoms with Crippen LogP contribution < -0.4 is 10.6 Å². The van der Waals surface area contributed by atoms with Crippen molar-refractivity contribution in [3.05, 3.63) is 77.6 Å². The quantitative estimate of drug-likeness (QED) is 0.465. The highest BCUT2D eigenvalue weighted by Gasteiger charge is 2.09. The minimum atomic E-state index is -1.03. The summed E-state index contributed by atoms with van der Waals surface area (Å²) in [6.45, 7) is 5.23. The van der Waals surface area contributed by atoms with Crippen molar-refractivity contribution in [1.82, 2.24) is 20.4 Å². The second-order valence-electron chi connectivity index (χ2n) is 6.68. The Labute approximate surface area is 174 Å². The smallest absolute Gasteiger partial charge is 0.191 e. The molecule has 1 heterocycles. The van der Waals surface area contributed by atoms with Crippen LogP contribution in [-0.4, -0.2) is 39.3 Å². The average molecular weight is 410 g/mol. The fourth-order valence-corrected chi connectivity index (χ4v) is 4.08. The lowest BCUT2D eigenvalue weighted by Crippen LogP contribution is -2.38. The fraction of sp³-hybridized carbons (Fsp3) is 0.273. The molecule has 0 amide bonds. The monoisotopic (exact) mass is 409 g/mol. The van der Waals surface area contributed by atoms with Crippen molar-refractivity contribution in [1.29, 1.82) is 0 Å². The van der Waals surface area contributed by atoms with E-state index in [0.717, 1.165) is 27.5 Å². The van der Waals surface area contributed by atoms with Gasteiger partial charge in [-0.1, -0.05) is 36.4 Å². The van der Waals surface area contributed by atoms with Gasteiger partial charge in [-0.3, -0.25) is 9.20 Å². The molecule has 1 aromatic heterocycles. The first-order chi connectivity index (χ1) is 14.1. The molecule has 2 aromatic carbocycles. The number of nitrogens with one attached hydrogen (secondary N) is 2. The molecule has 1 atom stereocenters. The Balaban J connectivity index is 1.58. The maximum absolute atomic E-state index is 12.3. The molecule has 0 bridgehead atoms. The van der Waals surface area contributed by atoms with Gasteiger partial charge in [0.05, 0.1) is 22.2 Å². The molecule has 3 rings (SSSR count). The zero-order valence-electron chi connectivity index (χ0n) is 17.1. The molecule has 0 aliphatic heterocycles. The molecule has 0 saturated heterocycles. The van der Waals surface area contributed by atoms with Crippen LogP contribution in [0, 0.1) is 13.8 Å². The number of aryl methyl sites for hydroxylation is 2. The highest BCUT2D eigenvalue weighted by atomic mass is 32.2. The van der Waals surface area contributed by atoms with E-state index in [1.165, 1.54) is 0 Å². The molecule has 152 valence electrons. The molecule has 0 aliphatic carbocycles. The third-order valence-electron chi connectivity index (χ3n) is 4.49. The number of hydrogen-bond acceptors (Lipinski definition) is 3. The topological polar surface area (TPSA) is 71.3 Å². The van der Waals surface area contributed by atoms with E-state index >= 15 is 0 Å². The third-order valence-corrected chi connectivity index (χ3v) is 5.86. The summed E-state index contributed by atoms with van der Waals surface area (Å²) in [5, 5.41) is 11.2. The van der Waals surface area contributed by atoms with Crippen molar-refractivity contribution >= 4 is 16.8 Å². The van der Waals surface area contributed by atoms with E-state index in [-0.39, 0.29) is 0 Å². The zero-order valence-corrected chi connectivity index (χ0v) is 17.9. The summed E-state index contributed by atoms with van der Waals surface area (Å²) in [6, 6.07) is 19.8. The summed E-state index contributed by atoms with van der Waals surface area (Å²) < 4.78 is 14.3. The van der Waals surface area contributed by atoms with Crippen molar-refractivity contribution < 1.29 is 4.21 Å². The SMILES string of the molecule is CN=C(NCCS(=O)c1ccccc1)NCc1ccccc1-n1nc(C)cc1C. The second-order valence-corrected chi connectivity index (χ2v) is 8.25. The van der Waals surface area contributed by atoms with Gasteiger partial charge < -0.3 is 10.6 Å². The average Bonchev–Trinajstić information content (AvgIpc) is 3.09. The highest BCUT2D eigenvalue weighted by molar-refractivity contribution is 7.85. The molecular weight excluding hydrogens is 382 g/mol. The van der Waals surface area contributed by atoms with Crippen molar-refractivity contribution in [2.45, 2.75) is 25.3 Å². The minimum Gasteiger partial charge on any atom is -0.355 e. The number of guanidine groups is 1. The number of nitrogens with zero attached hydrogens (tertiary/aromatic N) is 3. The van der Waals surface area contributed by atoms with E-state index in [4.69, 9.17) is 0 Å². The highest BCUT2D eigenvalue weighted by Crippen LogP contribution is 2.16. The summed E-state index contributed by atoms with van der Waals surface area (Å²) in [5.41, 5.74) is 4.26. The van der Waals surface area contributed by atoms with Crippen LogP contribution in [0.25, 0.3) is 5.69 Å². The Morgan fingerprint density at radius 3 is 2.48 bits per heavy atom. The van der Waals surface area contributed by atoms with Crippen LogP contribution in [0.5, 0.6) is 0 Å². The van der Waals surface area contributed by atoms with E-state index in [9.17, 15) is 4.21 Å². The van der Waals surface area contributed by atoms with Crippen molar-refractivity contribution in [3.63, 3.8) is 0 Å². The number of rotatable bonds is 7. The molecular formula is C22H27N5OS. The Kier molecular flexibility index (Phi) is 7.19. The maximum Gasteiger partial charge on any atom is 0.191 e. The van der Waals surface area contributed by atoms with E-state index < -0.39 is 10.8 Å². The molecule has 0 aliphatic rings. The summed E-state index contributed by atoms with van der Waals surface area (Å²) in [4.78, 5) is 5.11. The van der Waals surface area contributed by atoms with E-state index in [0.29, 0.717) is 24.8 Å². The van der Waals surface area contributed by atoms with Crippen molar-refractivity contribution in [2.24, 2.45) is 4.99 Å². The summed E-state index contributed by atoms with van der Waals surface area (Å²) in [7, 11) is 0.705. The molecule has 29 heavy (non-hydrogen) atoms. The normalized spacial score (nSPS) is 12.6. The first kappa shape index (κ1) is 20.8. The third kappa shape index (κ3) is 5.54. The Morgan fingerprint density at radius 2 is 1.79 bits per heavy atom. The molecule has 7 heteroatoms. The Bertz CT molecular complexity index is 997. The van der Waals surface area contributed by atoms with Crippen molar-refractivity contribution in [3.8, 4) is 5.69 Å². The number of benzene rings is 2. The number of hydrogen-bond donors (Lipinski definition) is 2. The summed E-state index contributed by atoms with van der Waals surface area (Å²) in [6.07, 6.45) is 0. The van der Waals surface area contributed by atoms with E-state index in [1.807, 2.05) is 54.1 Å². The zero-order chi connectivity index (χ0) is 20.6. The molecule has 6 nitrogen and oxygen atoms in total. The number of aromatic nitrogens is 2. The minimum absolute atomic E-state index is 0.521. The van der Waals surface area contributed by atoms with Gasteiger partial charge in [0.2, 0.25) is 0 Å². The lowest BCUT2D eigenvalue weighted by atomic mass is 10.1. The summed E-state index contributed by atoms with van der Waals surface area (Å²) >= 11 is 0. The first-order valence-corrected chi connectivity index (χ1v) is 10.9. The fourth-order valence-electron chi connectivity index (χ4n) is 3.09. The number of aliphatic imine (C=N–C) groups is 1. The van der Waals surface area contributed by atoms with Crippen LogP contribution in [0.15, 0.2) is 70.6 Å². The van der Waals surface area contributed by atoms with Gasteiger partial charge in [-0.05, 0) is 43.7 Å². The molecule has 2 N–H and O–H groups in total. The van der Waals surface area contributed by atoms with Gasteiger partial charge in [-0.15, -0.1) is 0 Å². The van der Waals surface area contributed by atoms with Crippen molar-refractivity contribution in [2.75, 3.05) is 19.3 Å². The molecule has 3 aromatic rings. The molecule has 0 saturated carbocycles. The Morgan fingerprint density at radius 1 is 1.07 bits per heavy atom. The lowest BCUT2D eigenvalue weighted by Gasteiger charge is -2.15. The molecule has 1 unspecified atom stereocenters. The van der Waals surface area contributed by atoms with Gasteiger partial charge in [0, 0.05) is 36.5 Å². The van der Waals surface area contributed by atoms with Crippen LogP contribution in [0.4, 0.5) is 0 Å². The maximum atomic E-state index is 12.3. The second kappa shape index (κ2) is 10.0. The molecule has 0 radical (unpaired) electrons. The van der Waals surface area contributed by atoms with Gasteiger partial charge >= 0.3 is 0 Å². The van der Waals surface area contributed by atoms with Crippen LogP contribution in [0.3, 0.4) is 0 Å². The molecule has 0 fully saturated rings. The first-order valence-electron chi connectivity index (χ1n) is 9.58. The predicted molar refractivity (Wildman–Crippen MR) is 119 cm³/mol. The lowest BCUT2D eigenvalue weighted by molar-refractivity contribution is 0.681. The van der Waals surface area contributed by atoms with Crippen LogP contribution in [0.2, 0.25) is 0 Å². The van der Waals surface area contributed by atoms with Gasteiger partial charge in [-0.2, -0.15) is 5.10 Å². The van der Waals surface area contributed by atoms with Crippen LogP contribution >= 0.6 is 0 Å². The van der Waals surface area contributed by atoms with Crippen LogP contribution in [-0.2, 0) is 17.3 Å².